The lowest BCUT2D eigenvalue weighted by molar-refractivity contribution is -0.936. The molecule has 3 rings (SSSR count). The summed E-state index contributed by atoms with van der Waals surface area (Å²) in [6, 6.07) is 0.798. The molecule has 3 aliphatic rings. The minimum absolute atomic E-state index is 0.0435. The van der Waals surface area contributed by atoms with Crippen LogP contribution in [0.15, 0.2) is 0 Å². The van der Waals surface area contributed by atoms with Crippen molar-refractivity contribution < 1.29 is 10.0 Å². The van der Waals surface area contributed by atoms with Gasteiger partial charge in [0.05, 0.1) is 25.2 Å². The highest BCUT2D eigenvalue weighted by atomic mass is 16.3. The molecule has 16 heavy (non-hydrogen) atoms. The molecule has 2 saturated carbocycles. The smallest absolute Gasteiger partial charge is 0.0928 e. The van der Waals surface area contributed by atoms with Crippen molar-refractivity contribution in [2.75, 3.05) is 13.1 Å². The summed E-state index contributed by atoms with van der Waals surface area (Å²) in [5.74, 6) is 1.29. The first-order valence-corrected chi connectivity index (χ1v) is 7.39. The number of rotatable bonds is 1. The van der Waals surface area contributed by atoms with E-state index >= 15 is 0 Å². The number of piperidine rings is 1. The molecule has 0 unspecified atom stereocenters. The van der Waals surface area contributed by atoms with Crippen LogP contribution in [0.5, 0.6) is 0 Å². The fourth-order valence-corrected chi connectivity index (χ4v) is 4.55. The number of likely N-dealkylation sites (tertiary alicyclic amines) is 1. The van der Waals surface area contributed by atoms with E-state index < -0.39 is 0 Å². The van der Waals surface area contributed by atoms with Crippen molar-refractivity contribution in [1.82, 2.24) is 0 Å². The van der Waals surface area contributed by atoms with Crippen LogP contribution in [0, 0.1) is 11.8 Å². The van der Waals surface area contributed by atoms with Gasteiger partial charge in [0.1, 0.15) is 0 Å². The lowest BCUT2D eigenvalue weighted by Crippen LogP contribution is -3.17. The average Bonchev–Trinajstić information content (AvgIpc) is 2.30. The Kier molecular flexibility index (Phi) is 3.21. The van der Waals surface area contributed by atoms with Crippen molar-refractivity contribution in [3.05, 3.63) is 0 Å². The minimum atomic E-state index is 0.0435. The molecular weight excluding hydrogens is 198 g/mol. The molecule has 0 aromatic rings. The molecule has 3 fully saturated rings. The van der Waals surface area contributed by atoms with E-state index in [0.29, 0.717) is 11.8 Å². The Morgan fingerprint density at radius 3 is 2.44 bits per heavy atom. The second-order valence-corrected chi connectivity index (χ2v) is 6.25. The van der Waals surface area contributed by atoms with Crippen molar-refractivity contribution in [1.29, 1.82) is 0 Å². The van der Waals surface area contributed by atoms with Gasteiger partial charge >= 0.3 is 0 Å². The summed E-state index contributed by atoms with van der Waals surface area (Å²) in [5.41, 5.74) is 0. The van der Waals surface area contributed by atoms with Crippen LogP contribution in [0.2, 0.25) is 0 Å². The van der Waals surface area contributed by atoms with Gasteiger partial charge < -0.3 is 10.0 Å². The Bertz CT molecular complexity index is 237. The van der Waals surface area contributed by atoms with E-state index in [-0.39, 0.29) is 6.10 Å². The number of fused-ring (bicyclic) bond motifs is 2. The zero-order chi connectivity index (χ0) is 11.0. The van der Waals surface area contributed by atoms with Crippen molar-refractivity contribution in [3.63, 3.8) is 0 Å². The van der Waals surface area contributed by atoms with Crippen LogP contribution in [0.3, 0.4) is 0 Å². The number of hydrogen-bond acceptors (Lipinski definition) is 1. The molecule has 0 aromatic heterocycles. The Balaban J connectivity index is 1.69. The van der Waals surface area contributed by atoms with Gasteiger partial charge in [-0.3, -0.25) is 0 Å². The molecule has 1 aliphatic heterocycles. The van der Waals surface area contributed by atoms with Gasteiger partial charge in [0.15, 0.2) is 0 Å². The molecule has 4 atom stereocenters. The Morgan fingerprint density at radius 2 is 1.62 bits per heavy atom. The van der Waals surface area contributed by atoms with Gasteiger partial charge in [0, 0.05) is 12.3 Å². The number of hydrogen-bond donors (Lipinski definition) is 2. The molecule has 0 amide bonds. The first-order chi connectivity index (χ1) is 7.86. The summed E-state index contributed by atoms with van der Waals surface area (Å²) >= 11 is 0. The standard InChI is InChI=1S/C14H25NO/c16-14-11-5-4-6-12(14)13(8-7-11)15-9-2-1-3-10-15/h11-14,16H,1-10H2/p+1/t11-,12+,13-,14+/m1/s1. The molecular formula is C14H26NO+. The van der Waals surface area contributed by atoms with Crippen LogP contribution >= 0.6 is 0 Å². The summed E-state index contributed by atoms with van der Waals surface area (Å²) in [4.78, 5) is 1.83. The molecule has 0 radical (unpaired) electrons. The summed E-state index contributed by atoms with van der Waals surface area (Å²) in [7, 11) is 0. The Labute approximate surface area is 99.0 Å². The largest absolute Gasteiger partial charge is 0.392 e. The van der Waals surface area contributed by atoms with Crippen LogP contribution < -0.4 is 4.90 Å². The normalized spacial score (nSPS) is 45.6. The molecule has 1 saturated heterocycles. The monoisotopic (exact) mass is 224 g/mol. The van der Waals surface area contributed by atoms with Gasteiger partial charge in [-0.05, 0) is 44.4 Å². The number of aliphatic hydroxyl groups is 1. The quantitative estimate of drug-likeness (QED) is 0.682. The van der Waals surface area contributed by atoms with E-state index in [9.17, 15) is 5.11 Å². The lowest BCUT2D eigenvalue weighted by atomic mass is 9.67. The molecule has 2 N–H and O–H groups in total. The maximum atomic E-state index is 10.4. The first kappa shape index (κ1) is 11.0. The molecule has 92 valence electrons. The molecule has 0 spiro atoms. The number of aliphatic hydroxyl groups excluding tert-OH is 1. The van der Waals surface area contributed by atoms with Crippen LogP contribution in [-0.2, 0) is 0 Å². The zero-order valence-corrected chi connectivity index (χ0v) is 10.3. The number of nitrogens with one attached hydrogen (secondary N) is 1. The van der Waals surface area contributed by atoms with Crippen LogP contribution in [0.1, 0.15) is 51.4 Å². The van der Waals surface area contributed by atoms with Crippen molar-refractivity contribution in [3.8, 4) is 0 Å². The van der Waals surface area contributed by atoms with Crippen molar-refractivity contribution in [2.24, 2.45) is 11.8 Å². The van der Waals surface area contributed by atoms with E-state index in [4.69, 9.17) is 0 Å². The predicted octanol–water partition coefficient (Wildman–Crippen LogP) is 0.995. The third-order valence-electron chi connectivity index (χ3n) is 5.42. The highest BCUT2D eigenvalue weighted by Gasteiger charge is 2.45. The fraction of sp³-hybridized carbons (Fsp3) is 1.00. The van der Waals surface area contributed by atoms with Gasteiger partial charge in [-0.15, -0.1) is 0 Å². The molecule has 0 aromatic carbocycles. The minimum Gasteiger partial charge on any atom is -0.392 e. The van der Waals surface area contributed by atoms with Crippen LogP contribution in [0.4, 0.5) is 0 Å². The summed E-state index contributed by atoms with van der Waals surface area (Å²) < 4.78 is 0. The van der Waals surface area contributed by atoms with Crippen molar-refractivity contribution in [2.45, 2.75) is 63.5 Å². The molecule has 2 nitrogen and oxygen atoms in total. The van der Waals surface area contributed by atoms with E-state index in [0.717, 1.165) is 6.04 Å². The average molecular weight is 224 g/mol. The fourth-order valence-electron chi connectivity index (χ4n) is 4.55. The second kappa shape index (κ2) is 4.66. The van der Waals surface area contributed by atoms with Gasteiger partial charge in [0.25, 0.3) is 0 Å². The van der Waals surface area contributed by atoms with E-state index in [2.05, 4.69) is 0 Å². The summed E-state index contributed by atoms with van der Waals surface area (Å²) in [6.45, 7) is 2.75. The first-order valence-electron chi connectivity index (χ1n) is 7.39. The van der Waals surface area contributed by atoms with E-state index in [1.165, 1.54) is 64.5 Å². The highest BCUT2D eigenvalue weighted by molar-refractivity contribution is 4.91. The van der Waals surface area contributed by atoms with Gasteiger partial charge in [-0.25, -0.2) is 0 Å². The lowest BCUT2D eigenvalue weighted by Gasteiger charge is -2.47. The van der Waals surface area contributed by atoms with Gasteiger partial charge in [0.2, 0.25) is 0 Å². The SMILES string of the molecule is O[C@H]1[C@@H]2CCC[C@H]1[C@H]([NH+]1CCCCC1)CC2. The van der Waals surface area contributed by atoms with Crippen molar-refractivity contribution >= 4 is 0 Å². The second-order valence-electron chi connectivity index (χ2n) is 6.25. The topological polar surface area (TPSA) is 24.7 Å². The molecule has 2 heteroatoms. The summed E-state index contributed by atoms with van der Waals surface area (Å²) in [5, 5.41) is 10.4. The third kappa shape index (κ3) is 1.91. The summed E-state index contributed by atoms with van der Waals surface area (Å²) in [6.07, 6.45) is 11.0. The highest BCUT2D eigenvalue weighted by Crippen LogP contribution is 2.39. The van der Waals surface area contributed by atoms with Crippen LogP contribution in [-0.4, -0.2) is 30.3 Å². The third-order valence-corrected chi connectivity index (χ3v) is 5.42. The van der Waals surface area contributed by atoms with Gasteiger partial charge in [-0.2, -0.15) is 0 Å². The Hall–Kier alpha value is -0.0800. The van der Waals surface area contributed by atoms with E-state index in [1.807, 2.05) is 4.90 Å². The molecule has 1 heterocycles. The van der Waals surface area contributed by atoms with Gasteiger partial charge in [-0.1, -0.05) is 6.42 Å². The maximum Gasteiger partial charge on any atom is 0.0928 e. The molecule has 2 bridgehead atoms. The van der Waals surface area contributed by atoms with Crippen LogP contribution in [0.25, 0.3) is 0 Å². The Morgan fingerprint density at radius 1 is 0.812 bits per heavy atom. The predicted molar refractivity (Wildman–Crippen MR) is 64.4 cm³/mol. The number of quaternary nitrogens is 1. The maximum absolute atomic E-state index is 10.4. The van der Waals surface area contributed by atoms with E-state index in [1.54, 1.807) is 0 Å². The zero-order valence-electron chi connectivity index (χ0n) is 10.3. The molecule has 2 aliphatic carbocycles.